The number of likely N-dealkylation sites (tertiary alicyclic amines) is 1. The summed E-state index contributed by atoms with van der Waals surface area (Å²) in [6, 6.07) is 5.90. The van der Waals surface area contributed by atoms with Gasteiger partial charge in [-0.3, -0.25) is 4.79 Å². The molecule has 1 fully saturated rings. The van der Waals surface area contributed by atoms with E-state index in [-0.39, 0.29) is 5.91 Å². The summed E-state index contributed by atoms with van der Waals surface area (Å²) >= 11 is 3.47. The van der Waals surface area contributed by atoms with Crippen molar-refractivity contribution < 1.29 is 4.79 Å². The van der Waals surface area contributed by atoms with Crippen LogP contribution in [-0.2, 0) is 4.79 Å². The maximum absolute atomic E-state index is 11.9. The number of hydrogen-bond acceptors (Lipinski definition) is 2. The van der Waals surface area contributed by atoms with Crippen LogP contribution in [0.3, 0.4) is 0 Å². The molecule has 2 rings (SSSR count). The van der Waals surface area contributed by atoms with Gasteiger partial charge in [-0.2, -0.15) is 0 Å². The van der Waals surface area contributed by atoms with E-state index in [9.17, 15) is 4.79 Å². The third-order valence-electron chi connectivity index (χ3n) is 3.42. The Hall–Kier alpha value is -0.870. The molecule has 1 atom stereocenters. The first kappa shape index (κ1) is 13.6. The van der Waals surface area contributed by atoms with Gasteiger partial charge in [0.25, 0.3) is 0 Å². The van der Waals surface area contributed by atoms with Gasteiger partial charge in [-0.15, -0.1) is 0 Å². The topological polar surface area (TPSA) is 32.3 Å². The maximum atomic E-state index is 11.9. The smallest absolute Gasteiger partial charge is 0.224 e. The molecule has 98 valence electrons. The first-order valence-electron chi connectivity index (χ1n) is 6.29. The lowest BCUT2D eigenvalue weighted by Crippen LogP contribution is -2.19. The molecule has 1 N–H and O–H groups in total. The Kier molecular flexibility index (Phi) is 4.40. The Morgan fingerprint density at radius 1 is 1.56 bits per heavy atom. The molecule has 1 amide bonds. The second kappa shape index (κ2) is 5.85. The standard InChI is InChI=1S/C14H19BrN2O/c1-10-3-4-12(8-13(10)15)16-14(18)7-11-5-6-17(2)9-11/h3-4,8,11H,5-7,9H2,1-2H3,(H,16,18). The van der Waals surface area contributed by atoms with Gasteiger partial charge in [0.2, 0.25) is 5.91 Å². The van der Waals surface area contributed by atoms with Gasteiger partial charge >= 0.3 is 0 Å². The van der Waals surface area contributed by atoms with Crippen LogP contribution in [0.2, 0.25) is 0 Å². The van der Waals surface area contributed by atoms with E-state index in [0.29, 0.717) is 12.3 Å². The molecule has 18 heavy (non-hydrogen) atoms. The van der Waals surface area contributed by atoms with Crippen LogP contribution in [0.5, 0.6) is 0 Å². The van der Waals surface area contributed by atoms with E-state index < -0.39 is 0 Å². The Morgan fingerprint density at radius 2 is 2.33 bits per heavy atom. The molecule has 1 heterocycles. The molecule has 0 aliphatic carbocycles. The minimum absolute atomic E-state index is 0.117. The molecular formula is C14H19BrN2O. The van der Waals surface area contributed by atoms with E-state index in [1.54, 1.807) is 0 Å². The number of hydrogen-bond donors (Lipinski definition) is 1. The Bertz CT molecular complexity index is 447. The van der Waals surface area contributed by atoms with Crippen molar-refractivity contribution in [2.45, 2.75) is 19.8 Å². The normalized spacial score (nSPS) is 20.1. The molecule has 3 nitrogen and oxygen atoms in total. The Labute approximate surface area is 117 Å². The second-order valence-electron chi connectivity index (χ2n) is 5.13. The highest BCUT2D eigenvalue weighted by atomic mass is 79.9. The molecular weight excluding hydrogens is 292 g/mol. The molecule has 1 aliphatic rings. The monoisotopic (exact) mass is 310 g/mol. The van der Waals surface area contributed by atoms with Crippen molar-refractivity contribution in [3.05, 3.63) is 28.2 Å². The second-order valence-corrected chi connectivity index (χ2v) is 5.99. The van der Waals surface area contributed by atoms with Crippen LogP contribution in [0.25, 0.3) is 0 Å². The summed E-state index contributed by atoms with van der Waals surface area (Å²) in [6.07, 6.45) is 1.75. The molecule has 1 aromatic rings. The number of aryl methyl sites for hydroxylation is 1. The van der Waals surface area contributed by atoms with Crippen molar-refractivity contribution in [3.63, 3.8) is 0 Å². The van der Waals surface area contributed by atoms with Gasteiger partial charge < -0.3 is 10.2 Å². The first-order chi connectivity index (χ1) is 8.54. The fourth-order valence-electron chi connectivity index (χ4n) is 2.34. The predicted octanol–water partition coefficient (Wildman–Crippen LogP) is 3.04. The zero-order valence-corrected chi connectivity index (χ0v) is 12.5. The number of carbonyl (C=O) groups is 1. The van der Waals surface area contributed by atoms with Crippen LogP contribution in [0, 0.1) is 12.8 Å². The number of nitrogens with one attached hydrogen (secondary N) is 1. The predicted molar refractivity (Wildman–Crippen MR) is 77.7 cm³/mol. The minimum Gasteiger partial charge on any atom is -0.326 e. The average Bonchev–Trinajstić information content (AvgIpc) is 2.69. The summed E-state index contributed by atoms with van der Waals surface area (Å²) < 4.78 is 1.03. The number of rotatable bonds is 3. The zero-order valence-electron chi connectivity index (χ0n) is 10.9. The Balaban J connectivity index is 1.89. The largest absolute Gasteiger partial charge is 0.326 e. The van der Waals surface area contributed by atoms with E-state index in [4.69, 9.17) is 0 Å². The van der Waals surface area contributed by atoms with Crippen molar-refractivity contribution in [1.29, 1.82) is 0 Å². The third-order valence-corrected chi connectivity index (χ3v) is 4.27. The van der Waals surface area contributed by atoms with Gasteiger partial charge in [0.1, 0.15) is 0 Å². The molecule has 0 saturated carbocycles. The van der Waals surface area contributed by atoms with E-state index in [0.717, 1.165) is 29.7 Å². The van der Waals surface area contributed by atoms with Crippen molar-refractivity contribution in [3.8, 4) is 0 Å². The lowest BCUT2D eigenvalue weighted by Gasteiger charge is -2.11. The number of amides is 1. The minimum atomic E-state index is 0.117. The molecule has 1 unspecified atom stereocenters. The maximum Gasteiger partial charge on any atom is 0.224 e. The fourth-order valence-corrected chi connectivity index (χ4v) is 2.72. The fraction of sp³-hybridized carbons (Fsp3) is 0.500. The molecule has 0 aromatic heterocycles. The molecule has 4 heteroatoms. The molecule has 1 aromatic carbocycles. The van der Waals surface area contributed by atoms with Gasteiger partial charge in [-0.1, -0.05) is 22.0 Å². The van der Waals surface area contributed by atoms with Gasteiger partial charge in [0, 0.05) is 23.1 Å². The van der Waals surface area contributed by atoms with Crippen LogP contribution < -0.4 is 5.32 Å². The van der Waals surface area contributed by atoms with Crippen LogP contribution in [-0.4, -0.2) is 30.9 Å². The molecule has 1 saturated heterocycles. The zero-order chi connectivity index (χ0) is 13.1. The number of anilines is 1. The SMILES string of the molecule is Cc1ccc(NC(=O)CC2CCN(C)C2)cc1Br. The summed E-state index contributed by atoms with van der Waals surface area (Å²) in [5.41, 5.74) is 2.04. The Morgan fingerprint density at radius 3 is 2.94 bits per heavy atom. The van der Waals surface area contributed by atoms with Crippen molar-refractivity contribution in [2.24, 2.45) is 5.92 Å². The number of benzene rings is 1. The highest BCUT2D eigenvalue weighted by Gasteiger charge is 2.21. The molecule has 0 bridgehead atoms. The van der Waals surface area contributed by atoms with E-state index in [1.165, 1.54) is 5.56 Å². The van der Waals surface area contributed by atoms with Crippen LogP contribution in [0.4, 0.5) is 5.69 Å². The first-order valence-corrected chi connectivity index (χ1v) is 7.08. The number of nitrogens with zero attached hydrogens (tertiary/aromatic N) is 1. The summed E-state index contributed by atoms with van der Waals surface area (Å²) in [5.74, 6) is 0.620. The summed E-state index contributed by atoms with van der Waals surface area (Å²) in [7, 11) is 2.11. The van der Waals surface area contributed by atoms with Crippen LogP contribution in [0.15, 0.2) is 22.7 Å². The summed E-state index contributed by atoms with van der Waals surface area (Å²) in [5, 5.41) is 2.96. The van der Waals surface area contributed by atoms with Gasteiger partial charge in [0.05, 0.1) is 0 Å². The summed E-state index contributed by atoms with van der Waals surface area (Å²) in [6.45, 7) is 4.17. The van der Waals surface area contributed by atoms with Crippen LogP contribution in [0.1, 0.15) is 18.4 Å². The van der Waals surface area contributed by atoms with Crippen molar-refractivity contribution in [2.75, 3.05) is 25.5 Å². The highest BCUT2D eigenvalue weighted by Crippen LogP contribution is 2.22. The van der Waals surface area contributed by atoms with E-state index in [2.05, 4.69) is 33.2 Å². The van der Waals surface area contributed by atoms with Gasteiger partial charge in [-0.25, -0.2) is 0 Å². The number of halogens is 1. The average molecular weight is 311 g/mol. The van der Waals surface area contributed by atoms with Crippen LogP contribution >= 0.6 is 15.9 Å². The van der Waals surface area contributed by atoms with Crippen molar-refractivity contribution >= 4 is 27.5 Å². The lowest BCUT2D eigenvalue weighted by atomic mass is 10.0. The summed E-state index contributed by atoms with van der Waals surface area (Å²) in [4.78, 5) is 14.2. The lowest BCUT2D eigenvalue weighted by molar-refractivity contribution is -0.117. The van der Waals surface area contributed by atoms with Crippen molar-refractivity contribution in [1.82, 2.24) is 4.90 Å². The highest BCUT2D eigenvalue weighted by molar-refractivity contribution is 9.10. The van der Waals surface area contributed by atoms with E-state index in [1.807, 2.05) is 25.1 Å². The van der Waals surface area contributed by atoms with Gasteiger partial charge in [0.15, 0.2) is 0 Å². The molecule has 1 aliphatic heterocycles. The van der Waals surface area contributed by atoms with Gasteiger partial charge in [-0.05, 0) is 50.6 Å². The number of carbonyl (C=O) groups excluding carboxylic acids is 1. The third kappa shape index (κ3) is 3.56. The quantitative estimate of drug-likeness (QED) is 0.930. The molecule has 0 radical (unpaired) electrons. The molecule has 0 spiro atoms. The van der Waals surface area contributed by atoms with E-state index >= 15 is 0 Å².